The number of hydrogen-bond donors (Lipinski definition) is 0. The van der Waals surface area contributed by atoms with Gasteiger partial charge in [-0.2, -0.15) is 4.73 Å². The van der Waals surface area contributed by atoms with Gasteiger partial charge < -0.3 is 5.21 Å². The van der Waals surface area contributed by atoms with Gasteiger partial charge in [-0.15, -0.1) is 12.4 Å². The van der Waals surface area contributed by atoms with E-state index in [4.69, 9.17) is 0 Å². The van der Waals surface area contributed by atoms with Crippen molar-refractivity contribution >= 4 is 28.3 Å². The molecule has 0 aliphatic carbocycles. The highest BCUT2D eigenvalue weighted by Crippen LogP contribution is 2.22. The van der Waals surface area contributed by atoms with Crippen molar-refractivity contribution in [2.24, 2.45) is 0 Å². The molecular weight excluding hydrogens is 253 g/mol. The second kappa shape index (κ2) is 4.29. The molecule has 0 saturated carbocycles. The molecule has 4 heteroatoms. The summed E-state index contributed by atoms with van der Waals surface area (Å²) < 4.78 is 1.37. The van der Waals surface area contributed by atoms with Crippen LogP contribution in [0.2, 0.25) is 0 Å². The summed E-state index contributed by atoms with van der Waals surface area (Å²) in [7, 11) is 0. The number of halogens is 2. The van der Waals surface area contributed by atoms with Crippen molar-refractivity contribution in [2.45, 2.75) is 26.2 Å². The zero-order valence-electron chi connectivity index (χ0n) is 7.87. The molecule has 13 heavy (non-hydrogen) atoms. The van der Waals surface area contributed by atoms with Gasteiger partial charge in [0.2, 0.25) is 0 Å². The fourth-order valence-corrected chi connectivity index (χ4v) is 1.29. The van der Waals surface area contributed by atoms with Gasteiger partial charge in [-0.05, 0) is 11.0 Å². The number of aromatic nitrogens is 1. The van der Waals surface area contributed by atoms with Crippen LogP contribution >= 0.6 is 28.3 Å². The van der Waals surface area contributed by atoms with Crippen LogP contribution in [0.15, 0.2) is 22.9 Å². The van der Waals surface area contributed by atoms with Crippen LogP contribution in [0.3, 0.4) is 0 Å². The van der Waals surface area contributed by atoms with E-state index in [9.17, 15) is 5.21 Å². The van der Waals surface area contributed by atoms with E-state index in [0.29, 0.717) is 4.60 Å². The minimum Gasteiger partial charge on any atom is -0.618 e. The van der Waals surface area contributed by atoms with Gasteiger partial charge in [-0.1, -0.05) is 20.8 Å². The maximum Gasteiger partial charge on any atom is 0.259 e. The van der Waals surface area contributed by atoms with Crippen molar-refractivity contribution in [3.05, 3.63) is 33.7 Å². The molecule has 0 spiro atoms. The highest BCUT2D eigenvalue weighted by Gasteiger charge is 2.16. The average molecular weight is 267 g/mol. The second-order valence-electron chi connectivity index (χ2n) is 3.81. The molecule has 0 bridgehead atoms. The third-order valence-electron chi connectivity index (χ3n) is 1.74. The summed E-state index contributed by atoms with van der Waals surface area (Å²) in [5, 5.41) is 11.0. The zero-order valence-corrected chi connectivity index (χ0v) is 10.3. The molecule has 0 aromatic carbocycles. The van der Waals surface area contributed by atoms with Crippen molar-refractivity contribution in [3.63, 3.8) is 0 Å². The molecule has 74 valence electrons. The van der Waals surface area contributed by atoms with Crippen molar-refractivity contribution < 1.29 is 4.73 Å². The predicted molar refractivity (Wildman–Crippen MR) is 59.1 cm³/mol. The lowest BCUT2D eigenvalue weighted by Gasteiger charge is -2.18. The third-order valence-corrected chi connectivity index (χ3v) is 2.32. The van der Waals surface area contributed by atoms with E-state index in [1.165, 1.54) is 6.20 Å². The Kier molecular flexibility index (Phi) is 4.20. The van der Waals surface area contributed by atoms with E-state index in [-0.39, 0.29) is 17.8 Å². The van der Waals surface area contributed by atoms with Gasteiger partial charge in [-0.3, -0.25) is 0 Å². The predicted octanol–water partition coefficient (Wildman–Crippen LogP) is 2.80. The molecule has 0 unspecified atom stereocenters. The summed E-state index contributed by atoms with van der Waals surface area (Å²) >= 11 is 3.19. The van der Waals surface area contributed by atoms with E-state index in [1.807, 2.05) is 12.1 Å². The summed E-state index contributed by atoms with van der Waals surface area (Å²) in [6.07, 6.45) is 1.52. The highest BCUT2D eigenvalue weighted by atomic mass is 79.9. The Morgan fingerprint density at radius 1 is 1.38 bits per heavy atom. The van der Waals surface area contributed by atoms with Gasteiger partial charge in [0, 0.05) is 28.1 Å². The quantitative estimate of drug-likeness (QED) is 0.403. The molecule has 1 aromatic heterocycles. The summed E-state index contributed by atoms with van der Waals surface area (Å²) in [4.78, 5) is 0. The smallest absolute Gasteiger partial charge is 0.259 e. The summed E-state index contributed by atoms with van der Waals surface area (Å²) in [5.74, 6) is 0. The fourth-order valence-electron chi connectivity index (χ4n) is 0.926. The van der Waals surface area contributed by atoms with Crippen LogP contribution in [-0.2, 0) is 5.41 Å². The maximum absolute atomic E-state index is 11.0. The van der Waals surface area contributed by atoms with Crippen LogP contribution in [0.25, 0.3) is 0 Å². The van der Waals surface area contributed by atoms with Crippen molar-refractivity contribution in [3.8, 4) is 0 Å². The van der Waals surface area contributed by atoms with E-state index >= 15 is 0 Å². The van der Waals surface area contributed by atoms with Crippen LogP contribution < -0.4 is 4.73 Å². The van der Waals surface area contributed by atoms with Crippen LogP contribution in [0.5, 0.6) is 0 Å². The van der Waals surface area contributed by atoms with Crippen LogP contribution in [0, 0.1) is 5.21 Å². The van der Waals surface area contributed by atoms with Crippen LogP contribution in [0.1, 0.15) is 26.3 Å². The zero-order chi connectivity index (χ0) is 9.35. The average Bonchev–Trinajstić information content (AvgIpc) is 1.92. The first-order chi connectivity index (χ1) is 5.41. The Hall–Kier alpha value is -0.280. The van der Waals surface area contributed by atoms with Crippen molar-refractivity contribution in [1.82, 2.24) is 0 Å². The summed E-state index contributed by atoms with van der Waals surface area (Å²) in [5.41, 5.74) is 1.25. The molecule has 0 amide bonds. The molecule has 0 saturated heterocycles. The summed E-state index contributed by atoms with van der Waals surface area (Å²) in [6, 6.07) is 3.70. The van der Waals surface area contributed by atoms with Gasteiger partial charge >= 0.3 is 0 Å². The fraction of sp³-hybridized carbons (Fsp3) is 0.444. The van der Waals surface area contributed by atoms with Crippen molar-refractivity contribution in [1.29, 1.82) is 0 Å². The molecule has 0 fully saturated rings. The normalized spacial score (nSPS) is 10.8. The molecule has 0 atom stereocenters. The highest BCUT2D eigenvalue weighted by molar-refractivity contribution is 9.10. The van der Waals surface area contributed by atoms with Crippen LogP contribution in [-0.4, -0.2) is 0 Å². The molecule has 0 radical (unpaired) electrons. The minimum atomic E-state index is 0. The van der Waals surface area contributed by atoms with Gasteiger partial charge in [0.15, 0.2) is 6.20 Å². The maximum atomic E-state index is 11.0. The first kappa shape index (κ1) is 12.7. The minimum absolute atomic E-state index is 0. The molecule has 2 nitrogen and oxygen atoms in total. The molecule has 0 aliphatic heterocycles. The van der Waals surface area contributed by atoms with Gasteiger partial charge in [0.05, 0.1) is 0 Å². The third kappa shape index (κ3) is 3.16. The monoisotopic (exact) mass is 265 g/mol. The van der Waals surface area contributed by atoms with Gasteiger partial charge in [0.1, 0.15) is 0 Å². The first-order valence-electron chi connectivity index (χ1n) is 3.80. The molecule has 1 aromatic rings. The van der Waals surface area contributed by atoms with E-state index < -0.39 is 0 Å². The SMILES string of the molecule is CC(C)(C)c1cc[n+]([O-])c(Br)c1.Cl. The summed E-state index contributed by atoms with van der Waals surface area (Å²) in [6.45, 7) is 6.34. The molecule has 0 N–H and O–H groups in total. The first-order valence-corrected chi connectivity index (χ1v) is 4.60. The van der Waals surface area contributed by atoms with Crippen LogP contribution in [0.4, 0.5) is 0 Å². The largest absolute Gasteiger partial charge is 0.618 e. The van der Waals surface area contributed by atoms with Gasteiger partial charge in [-0.25, -0.2) is 0 Å². The van der Waals surface area contributed by atoms with E-state index in [0.717, 1.165) is 10.3 Å². The second-order valence-corrected chi connectivity index (χ2v) is 4.63. The molecule has 1 rings (SSSR count). The Labute approximate surface area is 93.1 Å². The molecule has 0 aliphatic rings. The Balaban J connectivity index is 0.00000144. The van der Waals surface area contributed by atoms with E-state index in [2.05, 4.69) is 36.7 Å². The molecule has 1 heterocycles. The number of rotatable bonds is 0. The lowest BCUT2D eigenvalue weighted by molar-refractivity contribution is -0.617. The standard InChI is InChI=1S/C9H12BrNO.ClH/c1-9(2,3)7-4-5-11(12)8(10)6-7;/h4-6H,1-3H3;1H. The van der Waals surface area contributed by atoms with Gasteiger partial charge in [0.25, 0.3) is 4.60 Å². The Morgan fingerprint density at radius 2 is 1.92 bits per heavy atom. The van der Waals surface area contributed by atoms with E-state index in [1.54, 1.807) is 0 Å². The number of pyridine rings is 1. The number of hydrogen-bond acceptors (Lipinski definition) is 1. The lowest BCUT2D eigenvalue weighted by Crippen LogP contribution is -2.28. The topological polar surface area (TPSA) is 26.9 Å². The lowest BCUT2D eigenvalue weighted by atomic mass is 9.88. The Bertz CT molecular complexity index is 296. The Morgan fingerprint density at radius 3 is 2.31 bits per heavy atom. The molecular formula is C9H13BrClNO. The van der Waals surface area contributed by atoms with Crippen molar-refractivity contribution in [2.75, 3.05) is 0 Å². The number of nitrogens with zero attached hydrogens (tertiary/aromatic N) is 1.